The van der Waals surface area contributed by atoms with E-state index in [1.165, 1.54) is 32.1 Å². The topological polar surface area (TPSA) is 158 Å². The summed E-state index contributed by atoms with van der Waals surface area (Å²) >= 11 is 0. The molecule has 0 saturated heterocycles. The van der Waals surface area contributed by atoms with E-state index in [2.05, 4.69) is 0 Å². The monoisotopic (exact) mass is 696 g/mol. The Kier molecular flexibility index (Phi) is 9.55. The molecular formula is C38H36N2O11. The molecule has 0 fully saturated rings. The third kappa shape index (κ3) is 6.62. The maximum absolute atomic E-state index is 13.8. The van der Waals surface area contributed by atoms with Gasteiger partial charge in [0.25, 0.3) is 5.91 Å². The van der Waals surface area contributed by atoms with Gasteiger partial charge in [-0.2, -0.15) is 0 Å². The van der Waals surface area contributed by atoms with Gasteiger partial charge in [-0.05, 0) is 60.7 Å². The molecule has 6 rings (SSSR count). The summed E-state index contributed by atoms with van der Waals surface area (Å²) in [4.78, 5) is 66.5. The fourth-order valence-electron chi connectivity index (χ4n) is 6.58. The van der Waals surface area contributed by atoms with Crippen molar-refractivity contribution in [2.75, 3.05) is 39.3 Å². The molecule has 51 heavy (non-hydrogen) atoms. The summed E-state index contributed by atoms with van der Waals surface area (Å²) < 4.78 is 27.7. The van der Waals surface area contributed by atoms with E-state index in [1.807, 2.05) is 30.1 Å². The van der Waals surface area contributed by atoms with Crippen molar-refractivity contribution in [1.82, 2.24) is 4.90 Å². The molecule has 2 aliphatic heterocycles. The average molecular weight is 697 g/mol. The van der Waals surface area contributed by atoms with Gasteiger partial charge in [0, 0.05) is 61.2 Å². The van der Waals surface area contributed by atoms with Crippen LogP contribution in [-0.2, 0) is 38.9 Å². The summed E-state index contributed by atoms with van der Waals surface area (Å²) in [6.45, 7) is 1.26. The normalized spacial score (nSPS) is 19.4. The first-order valence-corrected chi connectivity index (χ1v) is 16.2. The van der Waals surface area contributed by atoms with Crippen molar-refractivity contribution in [3.63, 3.8) is 0 Å². The van der Waals surface area contributed by atoms with E-state index < -0.39 is 47.4 Å². The van der Waals surface area contributed by atoms with Crippen molar-refractivity contribution in [3.05, 3.63) is 107 Å². The number of carbonyl (C=O) groups is 5. The molecule has 264 valence electrons. The van der Waals surface area contributed by atoms with Gasteiger partial charge < -0.3 is 38.6 Å². The van der Waals surface area contributed by atoms with Crippen LogP contribution in [0.2, 0.25) is 0 Å². The number of phenols is 1. The quantitative estimate of drug-likeness (QED) is 0.180. The van der Waals surface area contributed by atoms with Gasteiger partial charge in [-0.15, -0.1) is 0 Å². The number of amides is 1. The number of phenolic OH excluding ortho intramolecular Hbond substituents is 1. The number of rotatable bonds is 10. The number of methoxy groups -OCH3 is 2. The SMILES string of the molecule is COC(=O)CCN(CCC(=O)OC)C(=O)c1ccc2c(c1)C(=O)OC21c2ccc(N(C)c3ccc(O)cc3)cc2OC2=CC(OC(C)=O)C=CC21. The second kappa shape index (κ2) is 14.0. The van der Waals surface area contributed by atoms with Gasteiger partial charge in [0.1, 0.15) is 23.4 Å². The minimum atomic E-state index is -1.41. The average Bonchev–Trinajstić information content (AvgIpc) is 3.41. The first kappa shape index (κ1) is 34.7. The van der Waals surface area contributed by atoms with Gasteiger partial charge >= 0.3 is 23.9 Å². The second-order valence-electron chi connectivity index (χ2n) is 12.2. The van der Waals surface area contributed by atoms with Gasteiger partial charge in [0.2, 0.25) is 0 Å². The zero-order chi connectivity index (χ0) is 36.4. The lowest BCUT2D eigenvalue weighted by atomic mass is 9.71. The van der Waals surface area contributed by atoms with Crippen LogP contribution in [0.3, 0.4) is 0 Å². The van der Waals surface area contributed by atoms with Crippen LogP contribution < -0.4 is 9.64 Å². The lowest BCUT2D eigenvalue weighted by Crippen LogP contribution is -2.43. The number of benzene rings is 3. The first-order valence-electron chi connectivity index (χ1n) is 16.2. The van der Waals surface area contributed by atoms with Crippen molar-refractivity contribution in [3.8, 4) is 11.5 Å². The number of nitrogens with zero attached hydrogens (tertiary/aromatic N) is 2. The Bertz CT molecular complexity index is 1950. The maximum atomic E-state index is 13.8. The van der Waals surface area contributed by atoms with Gasteiger partial charge in [0.15, 0.2) is 5.60 Å². The molecule has 13 nitrogen and oxygen atoms in total. The minimum absolute atomic E-state index is 0.0237. The Balaban J connectivity index is 1.42. The smallest absolute Gasteiger partial charge is 0.339 e. The highest BCUT2D eigenvalue weighted by molar-refractivity contribution is 6.01. The van der Waals surface area contributed by atoms with Crippen LogP contribution in [-0.4, -0.2) is 80.3 Å². The molecule has 1 N–H and O–H groups in total. The Labute approximate surface area is 293 Å². The van der Waals surface area contributed by atoms with Crippen LogP contribution in [0, 0.1) is 5.92 Å². The number of esters is 4. The molecule has 3 aromatic carbocycles. The summed E-state index contributed by atoms with van der Waals surface area (Å²) in [5, 5.41) is 9.78. The number of anilines is 2. The van der Waals surface area contributed by atoms with Gasteiger partial charge in [0.05, 0.1) is 38.5 Å². The Morgan fingerprint density at radius 1 is 0.863 bits per heavy atom. The number of ether oxygens (including phenoxy) is 5. The Morgan fingerprint density at radius 3 is 2.16 bits per heavy atom. The fourth-order valence-corrected chi connectivity index (χ4v) is 6.58. The largest absolute Gasteiger partial charge is 0.508 e. The lowest BCUT2D eigenvalue weighted by molar-refractivity contribution is -0.143. The van der Waals surface area contributed by atoms with E-state index in [9.17, 15) is 29.1 Å². The molecule has 3 aliphatic rings. The number of carbonyl (C=O) groups excluding carboxylic acids is 5. The predicted molar refractivity (Wildman–Crippen MR) is 181 cm³/mol. The zero-order valence-corrected chi connectivity index (χ0v) is 28.4. The molecule has 2 heterocycles. The standard InChI is InChI=1S/C38H36N2O11/c1-22(41)49-27-11-14-31-33(21-27)50-32-20-25(39(2)24-6-9-26(42)10-7-24)8-13-30(32)38(31)29-12-5-23(19-28(29)37(46)51-38)36(45)40(17-15-34(43)47-3)18-16-35(44)48-4/h5-14,19-21,27,31,42H,15-18H2,1-4H3. The van der Waals surface area contributed by atoms with Crippen molar-refractivity contribution < 1.29 is 52.8 Å². The predicted octanol–water partition coefficient (Wildman–Crippen LogP) is 4.54. The fraction of sp³-hybridized carbons (Fsp3) is 0.289. The molecule has 3 atom stereocenters. The van der Waals surface area contributed by atoms with Crippen molar-refractivity contribution in [2.45, 2.75) is 31.5 Å². The van der Waals surface area contributed by atoms with E-state index in [1.54, 1.807) is 54.6 Å². The third-order valence-electron chi connectivity index (χ3n) is 9.14. The van der Waals surface area contributed by atoms with Crippen molar-refractivity contribution >= 4 is 41.2 Å². The van der Waals surface area contributed by atoms with Crippen LogP contribution in [0.1, 0.15) is 51.6 Å². The highest BCUT2D eigenvalue weighted by Gasteiger charge is 2.58. The molecular weight excluding hydrogens is 660 g/mol. The molecule has 0 aromatic heterocycles. The number of fused-ring (bicyclic) bond motifs is 6. The molecule has 1 spiro atoms. The second-order valence-corrected chi connectivity index (χ2v) is 12.2. The van der Waals surface area contributed by atoms with Crippen LogP contribution in [0.5, 0.6) is 11.5 Å². The summed E-state index contributed by atoms with van der Waals surface area (Å²) in [7, 11) is 4.34. The third-order valence-corrected chi connectivity index (χ3v) is 9.14. The van der Waals surface area contributed by atoms with E-state index in [-0.39, 0.29) is 42.8 Å². The molecule has 0 saturated carbocycles. The molecule has 3 unspecified atom stereocenters. The Hall–Kier alpha value is -6.11. The first-order chi connectivity index (χ1) is 24.4. The summed E-state index contributed by atoms with van der Waals surface area (Å²) in [6.07, 6.45) is 4.23. The van der Waals surface area contributed by atoms with E-state index in [0.717, 1.165) is 11.4 Å². The number of hydrogen-bond donors (Lipinski definition) is 1. The lowest BCUT2D eigenvalue weighted by Gasteiger charge is -2.43. The molecule has 1 amide bonds. The van der Waals surface area contributed by atoms with Crippen LogP contribution in [0.4, 0.5) is 11.4 Å². The minimum Gasteiger partial charge on any atom is -0.508 e. The van der Waals surface area contributed by atoms with E-state index in [4.69, 9.17) is 23.7 Å². The molecule has 13 heteroatoms. The van der Waals surface area contributed by atoms with Crippen LogP contribution in [0.25, 0.3) is 0 Å². The number of aromatic hydroxyl groups is 1. The van der Waals surface area contributed by atoms with E-state index in [0.29, 0.717) is 22.6 Å². The van der Waals surface area contributed by atoms with Gasteiger partial charge in [-0.25, -0.2) is 4.79 Å². The molecule has 3 aromatic rings. The zero-order valence-electron chi connectivity index (χ0n) is 28.4. The number of hydrogen-bond acceptors (Lipinski definition) is 12. The molecule has 0 bridgehead atoms. The van der Waals surface area contributed by atoms with Crippen molar-refractivity contribution in [2.24, 2.45) is 5.92 Å². The van der Waals surface area contributed by atoms with Crippen molar-refractivity contribution in [1.29, 1.82) is 0 Å². The highest BCUT2D eigenvalue weighted by atomic mass is 16.6. The summed E-state index contributed by atoms with van der Waals surface area (Å²) in [5.41, 5.74) is 1.50. The highest BCUT2D eigenvalue weighted by Crippen LogP contribution is 2.57. The Morgan fingerprint density at radius 2 is 1.51 bits per heavy atom. The van der Waals surface area contributed by atoms with Crippen LogP contribution >= 0.6 is 0 Å². The van der Waals surface area contributed by atoms with Gasteiger partial charge in [-0.1, -0.05) is 12.1 Å². The van der Waals surface area contributed by atoms with Gasteiger partial charge in [-0.3, -0.25) is 19.2 Å². The maximum Gasteiger partial charge on any atom is 0.339 e. The summed E-state index contributed by atoms with van der Waals surface area (Å²) in [5.74, 6) is -2.42. The summed E-state index contributed by atoms with van der Waals surface area (Å²) in [6, 6.07) is 16.9. The van der Waals surface area contributed by atoms with Crippen LogP contribution in [0.15, 0.2) is 84.7 Å². The van der Waals surface area contributed by atoms with E-state index >= 15 is 0 Å². The molecule has 1 aliphatic carbocycles. The molecule has 0 radical (unpaired) electrons.